The molecule has 0 N–H and O–H groups in total. The summed E-state index contributed by atoms with van der Waals surface area (Å²) in [5.74, 6) is 0.749. The van der Waals surface area contributed by atoms with Crippen molar-refractivity contribution in [3.63, 3.8) is 0 Å². The van der Waals surface area contributed by atoms with E-state index in [2.05, 4.69) is 34.7 Å². The number of rotatable bonds is 5. The molecule has 2 nitrogen and oxygen atoms in total. The zero-order valence-corrected chi connectivity index (χ0v) is 15.1. The van der Waals surface area contributed by atoms with E-state index in [1.54, 1.807) is 6.07 Å². The Morgan fingerprint density at radius 1 is 1.38 bits per heavy atom. The monoisotopic (exact) mass is 371 g/mol. The number of carbonyl (C=O) groups excluding carboxylic acids is 1. The van der Waals surface area contributed by atoms with Gasteiger partial charge in [-0.1, -0.05) is 38.3 Å². The Kier molecular flexibility index (Phi) is 6.12. The zero-order chi connectivity index (χ0) is 15.4. The van der Waals surface area contributed by atoms with Gasteiger partial charge in [-0.3, -0.25) is 4.79 Å². The third-order valence-electron chi connectivity index (χ3n) is 4.14. The van der Waals surface area contributed by atoms with E-state index in [0.717, 1.165) is 35.8 Å². The molecule has 0 atom stereocenters. The van der Waals surface area contributed by atoms with E-state index in [1.165, 1.54) is 12.8 Å². The molecule has 1 saturated carbocycles. The van der Waals surface area contributed by atoms with E-state index in [0.29, 0.717) is 17.0 Å². The van der Waals surface area contributed by atoms with Gasteiger partial charge in [0.05, 0.1) is 5.02 Å². The van der Waals surface area contributed by atoms with Crippen LogP contribution < -0.4 is 0 Å². The van der Waals surface area contributed by atoms with Crippen molar-refractivity contribution in [2.75, 3.05) is 6.54 Å². The molecule has 2 rings (SSSR count). The molecule has 4 heteroatoms. The maximum Gasteiger partial charge on any atom is 0.254 e. The third kappa shape index (κ3) is 4.46. The summed E-state index contributed by atoms with van der Waals surface area (Å²) in [5.41, 5.74) is 0.724. The number of benzene rings is 1. The molecular formula is C17H23BrClNO. The highest BCUT2D eigenvalue weighted by molar-refractivity contribution is 9.10. The maximum atomic E-state index is 12.9. The van der Waals surface area contributed by atoms with Gasteiger partial charge in [0.1, 0.15) is 0 Å². The van der Waals surface area contributed by atoms with E-state index < -0.39 is 0 Å². The van der Waals surface area contributed by atoms with E-state index in [9.17, 15) is 4.79 Å². The molecule has 0 spiro atoms. The van der Waals surface area contributed by atoms with Crippen LogP contribution >= 0.6 is 27.5 Å². The zero-order valence-electron chi connectivity index (χ0n) is 12.7. The normalized spacial score (nSPS) is 15.7. The fourth-order valence-corrected chi connectivity index (χ4v) is 3.35. The van der Waals surface area contributed by atoms with Gasteiger partial charge in [-0.2, -0.15) is 0 Å². The second-order valence-electron chi connectivity index (χ2n) is 6.25. The molecule has 0 bridgehead atoms. The Morgan fingerprint density at radius 3 is 2.62 bits per heavy atom. The smallest absolute Gasteiger partial charge is 0.254 e. The second kappa shape index (κ2) is 7.64. The molecular weight excluding hydrogens is 350 g/mol. The van der Waals surface area contributed by atoms with E-state index in [-0.39, 0.29) is 5.91 Å². The average molecular weight is 373 g/mol. The number of halogens is 2. The van der Waals surface area contributed by atoms with Crippen molar-refractivity contribution >= 4 is 33.4 Å². The van der Waals surface area contributed by atoms with Gasteiger partial charge in [-0.25, -0.2) is 0 Å². The summed E-state index contributed by atoms with van der Waals surface area (Å²) in [7, 11) is 0. The van der Waals surface area contributed by atoms with Crippen molar-refractivity contribution < 1.29 is 4.79 Å². The van der Waals surface area contributed by atoms with Crippen LogP contribution in [-0.2, 0) is 0 Å². The first-order valence-corrected chi connectivity index (χ1v) is 8.92. The SMILES string of the molecule is CC(C)CCN(C(=O)c1ccc(Cl)c(Br)c1)C1CCCC1. The molecule has 1 amide bonds. The largest absolute Gasteiger partial charge is 0.336 e. The highest BCUT2D eigenvalue weighted by atomic mass is 79.9. The summed E-state index contributed by atoms with van der Waals surface area (Å²) in [6.45, 7) is 5.26. The summed E-state index contributed by atoms with van der Waals surface area (Å²) in [6.07, 6.45) is 5.80. The fourth-order valence-electron chi connectivity index (χ4n) is 2.86. The van der Waals surface area contributed by atoms with Crippen LogP contribution in [0.5, 0.6) is 0 Å². The molecule has 1 aromatic rings. The summed E-state index contributed by atoms with van der Waals surface area (Å²) >= 11 is 9.43. The van der Waals surface area contributed by atoms with Crippen molar-refractivity contribution in [2.24, 2.45) is 5.92 Å². The highest BCUT2D eigenvalue weighted by Gasteiger charge is 2.27. The van der Waals surface area contributed by atoms with Crippen LogP contribution in [0.2, 0.25) is 5.02 Å². The molecule has 0 saturated heterocycles. The van der Waals surface area contributed by atoms with Gasteiger partial charge in [-0.05, 0) is 59.3 Å². The van der Waals surface area contributed by atoms with Gasteiger partial charge in [0.15, 0.2) is 0 Å². The van der Waals surface area contributed by atoms with Crippen LogP contribution in [0.1, 0.15) is 56.3 Å². The van der Waals surface area contributed by atoms with Crippen LogP contribution in [-0.4, -0.2) is 23.4 Å². The lowest BCUT2D eigenvalue weighted by atomic mass is 10.1. The molecule has 0 aromatic heterocycles. The molecule has 116 valence electrons. The lowest BCUT2D eigenvalue weighted by molar-refractivity contribution is 0.0672. The third-order valence-corrected chi connectivity index (χ3v) is 5.35. The molecule has 1 aliphatic carbocycles. The van der Waals surface area contributed by atoms with Crippen LogP contribution in [0.4, 0.5) is 0 Å². The lowest BCUT2D eigenvalue weighted by Gasteiger charge is -2.30. The molecule has 21 heavy (non-hydrogen) atoms. The van der Waals surface area contributed by atoms with Gasteiger partial charge in [-0.15, -0.1) is 0 Å². The summed E-state index contributed by atoms with van der Waals surface area (Å²) in [4.78, 5) is 15.0. The molecule has 1 aliphatic rings. The van der Waals surface area contributed by atoms with Gasteiger partial charge in [0.2, 0.25) is 0 Å². The minimum atomic E-state index is 0.139. The molecule has 1 aromatic carbocycles. The Morgan fingerprint density at radius 2 is 2.05 bits per heavy atom. The van der Waals surface area contributed by atoms with Gasteiger partial charge in [0, 0.05) is 22.6 Å². The van der Waals surface area contributed by atoms with E-state index >= 15 is 0 Å². The Balaban J connectivity index is 2.17. The van der Waals surface area contributed by atoms with Crippen molar-refractivity contribution in [3.8, 4) is 0 Å². The lowest BCUT2D eigenvalue weighted by Crippen LogP contribution is -2.40. The summed E-state index contributed by atoms with van der Waals surface area (Å²) in [6, 6.07) is 5.86. The average Bonchev–Trinajstić information content (AvgIpc) is 2.95. The van der Waals surface area contributed by atoms with Crippen molar-refractivity contribution in [3.05, 3.63) is 33.3 Å². The van der Waals surface area contributed by atoms with Crippen molar-refractivity contribution in [1.29, 1.82) is 0 Å². The first kappa shape index (κ1) is 16.8. The molecule has 0 aliphatic heterocycles. The topological polar surface area (TPSA) is 20.3 Å². The molecule has 0 unspecified atom stereocenters. The molecule has 1 fully saturated rings. The van der Waals surface area contributed by atoms with Crippen LogP contribution in [0.3, 0.4) is 0 Å². The van der Waals surface area contributed by atoms with Crippen molar-refractivity contribution in [1.82, 2.24) is 4.90 Å². The number of nitrogens with zero attached hydrogens (tertiary/aromatic N) is 1. The van der Waals surface area contributed by atoms with E-state index in [1.807, 2.05) is 12.1 Å². The Labute approximate surface area is 141 Å². The number of hydrogen-bond acceptors (Lipinski definition) is 1. The Hall–Kier alpha value is -0.540. The number of amides is 1. The van der Waals surface area contributed by atoms with Gasteiger partial charge in [0.25, 0.3) is 5.91 Å². The number of carbonyl (C=O) groups is 1. The van der Waals surface area contributed by atoms with E-state index in [4.69, 9.17) is 11.6 Å². The van der Waals surface area contributed by atoms with Crippen molar-refractivity contribution in [2.45, 2.75) is 52.0 Å². The standard InChI is InChI=1S/C17H23BrClNO/c1-12(2)9-10-20(14-5-3-4-6-14)17(21)13-7-8-16(19)15(18)11-13/h7-8,11-12,14H,3-6,9-10H2,1-2H3. The van der Waals surface area contributed by atoms with Gasteiger partial charge < -0.3 is 4.90 Å². The number of hydrogen-bond donors (Lipinski definition) is 0. The first-order chi connectivity index (χ1) is 9.99. The first-order valence-electron chi connectivity index (χ1n) is 7.75. The summed E-state index contributed by atoms with van der Waals surface area (Å²) in [5, 5.41) is 0.640. The maximum absolute atomic E-state index is 12.9. The van der Waals surface area contributed by atoms with Gasteiger partial charge >= 0.3 is 0 Å². The second-order valence-corrected chi connectivity index (χ2v) is 7.51. The minimum absolute atomic E-state index is 0.139. The quantitative estimate of drug-likeness (QED) is 0.665. The fraction of sp³-hybridized carbons (Fsp3) is 0.588. The van der Waals surface area contributed by atoms with Crippen LogP contribution in [0.15, 0.2) is 22.7 Å². The highest BCUT2D eigenvalue weighted by Crippen LogP contribution is 2.28. The van der Waals surface area contributed by atoms with Crippen LogP contribution in [0, 0.1) is 5.92 Å². The Bertz CT molecular complexity index is 498. The van der Waals surface area contributed by atoms with Crippen LogP contribution in [0.25, 0.3) is 0 Å². The minimum Gasteiger partial charge on any atom is -0.336 e. The molecule has 0 heterocycles. The molecule has 0 radical (unpaired) electrons. The predicted octanol–water partition coefficient (Wildman–Crippen LogP) is 5.53. The predicted molar refractivity (Wildman–Crippen MR) is 91.9 cm³/mol. The summed E-state index contributed by atoms with van der Waals surface area (Å²) < 4.78 is 0.783.